The van der Waals surface area contributed by atoms with Crippen molar-refractivity contribution >= 4 is 5.97 Å². The second-order valence-electron chi connectivity index (χ2n) is 2.79. The van der Waals surface area contributed by atoms with E-state index in [1.165, 1.54) is 0 Å². The Bertz CT molecular complexity index is 236. The van der Waals surface area contributed by atoms with Crippen LogP contribution in [0.5, 0.6) is 0 Å². The molecule has 0 rings (SSSR count). The van der Waals surface area contributed by atoms with E-state index in [0.717, 1.165) is 12.0 Å². The van der Waals surface area contributed by atoms with Gasteiger partial charge in [-0.15, -0.1) is 6.58 Å². The van der Waals surface area contributed by atoms with E-state index in [4.69, 9.17) is 4.74 Å². The summed E-state index contributed by atoms with van der Waals surface area (Å²) in [5, 5.41) is 0. The summed E-state index contributed by atoms with van der Waals surface area (Å²) in [6.45, 7) is 11.0. The minimum atomic E-state index is -0.278. The largest absolute Gasteiger partial charge is 0.458 e. The number of carbonyl (C=O) groups excluding carboxylic acids is 1. The van der Waals surface area contributed by atoms with Crippen molar-refractivity contribution in [2.24, 2.45) is 0 Å². The van der Waals surface area contributed by atoms with Crippen molar-refractivity contribution < 1.29 is 9.53 Å². The second-order valence-corrected chi connectivity index (χ2v) is 2.79. The maximum absolute atomic E-state index is 11.3. The molecule has 0 aromatic heterocycles. The molecule has 13 heavy (non-hydrogen) atoms. The van der Waals surface area contributed by atoms with Crippen LogP contribution >= 0.6 is 0 Å². The molecule has 0 heterocycles. The van der Waals surface area contributed by atoms with Crippen LogP contribution in [0.3, 0.4) is 0 Å². The average molecular weight is 180 g/mol. The summed E-state index contributed by atoms with van der Waals surface area (Å²) in [7, 11) is 0. The highest BCUT2D eigenvalue weighted by atomic mass is 16.5. The number of carbonyl (C=O) groups is 1. The number of allylic oxidation sites excluding steroid dienone is 2. The molecule has 0 aliphatic heterocycles. The lowest BCUT2D eigenvalue weighted by Crippen LogP contribution is -2.07. The molecular weight excluding hydrogens is 164 g/mol. The Morgan fingerprint density at radius 3 is 2.38 bits per heavy atom. The monoisotopic (exact) mass is 180 g/mol. The molecule has 0 unspecified atom stereocenters. The van der Waals surface area contributed by atoms with Gasteiger partial charge in [0.2, 0.25) is 0 Å². The standard InChI is InChI=1S/C11H16O2/c1-5-7-9(3)10(4)11(12)13-8-6-2/h5-6H,1-2,7-8H2,3-4H3. The predicted molar refractivity (Wildman–Crippen MR) is 54.3 cm³/mol. The quantitative estimate of drug-likeness (QED) is 0.369. The van der Waals surface area contributed by atoms with E-state index in [1.54, 1.807) is 19.1 Å². The van der Waals surface area contributed by atoms with Crippen molar-refractivity contribution in [1.29, 1.82) is 0 Å². The molecule has 0 aliphatic rings. The van der Waals surface area contributed by atoms with Gasteiger partial charge in [-0.25, -0.2) is 4.79 Å². The summed E-state index contributed by atoms with van der Waals surface area (Å²) in [4.78, 5) is 11.3. The lowest BCUT2D eigenvalue weighted by Gasteiger charge is -2.04. The summed E-state index contributed by atoms with van der Waals surface area (Å²) in [6, 6.07) is 0. The molecule has 0 aliphatic carbocycles. The average Bonchev–Trinajstić information content (AvgIpc) is 2.13. The van der Waals surface area contributed by atoms with Crippen LogP contribution in [0, 0.1) is 0 Å². The van der Waals surface area contributed by atoms with Gasteiger partial charge in [0.05, 0.1) is 0 Å². The SMILES string of the molecule is C=CCOC(=O)C(C)=C(C)CC=C. The van der Waals surface area contributed by atoms with E-state index < -0.39 is 0 Å². The maximum Gasteiger partial charge on any atom is 0.333 e. The molecular formula is C11H16O2. The Morgan fingerprint density at radius 2 is 1.92 bits per heavy atom. The highest BCUT2D eigenvalue weighted by molar-refractivity contribution is 5.88. The van der Waals surface area contributed by atoms with Crippen LogP contribution < -0.4 is 0 Å². The normalized spacial score (nSPS) is 11.5. The molecule has 2 heteroatoms. The molecule has 0 bridgehead atoms. The van der Waals surface area contributed by atoms with E-state index in [9.17, 15) is 4.79 Å². The second kappa shape index (κ2) is 6.23. The first-order valence-electron chi connectivity index (χ1n) is 4.18. The topological polar surface area (TPSA) is 26.3 Å². The number of hydrogen-bond acceptors (Lipinski definition) is 2. The summed E-state index contributed by atoms with van der Waals surface area (Å²) < 4.78 is 4.87. The summed E-state index contributed by atoms with van der Waals surface area (Å²) in [5.41, 5.74) is 1.64. The van der Waals surface area contributed by atoms with Gasteiger partial charge >= 0.3 is 5.97 Å². The molecule has 0 saturated carbocycles. The molecule has 0 aromatic rings. The minimum absolute atomic E-state index is 0.261. The third-order valence-electron chi connectivity index (χ3n) is 1.73. The lowest BCUT2D eigenvalue weighted by atomic mass is 10.1. The van der Waals surface area contributed by atoms with Gasteiger partial charge in [0.25, 0.3) is 0 Å². The predicted octanol–water partition coefficient (Wildman–Crippen LogP) is 2.63. The molecule has 0 amide bonds. The van der Waals surface area contributed by atoms with Gasteiger partial charge in [-0.3, -0.25) is 0 Å². The molecule has 0 fully saturated rings. The number of esters is 1. The van der Waals surface area contributed by atoms with Crippen LogP contribution in [-0.4, -0.2) is 12.6 Å². The summed E-state index contributed by atoms with van der Waals surface area (Å²) >= 11 is 0. The fourth-order valence-corrected chi connectivity index (χ4v) is 0.787. The van der Waals surface area contributed by atoms with Gasteiger partial charge in [-0.05, 0) is 20.3 Å². The van der Waals surface area contributed by atoms with Gasteiger partial charge in [-0.2, -0.15) is 0 Å². The fourth-order valence-electron chi connectivity index (χ4n) is 0.787. The number of rotatable bonds is 5. The first-order valence-corrected chi connectivity index (χ1v) is 4.18. The Labute approximate surface area is 79.6 Å². The highest BCUT2D eigenvalue weighted by Crippen LogP contribution is 2.09. The van der Waals surface area contributed by atoms with Crippen LogP contribution in [0.2, 0.25) is 0 Å². The first-order chi connectivity index (χ1) is 6.13. The zero-order valence-corrected chi connectivity index (χ0v) is 8.30. The van der Waals surface area contributed by atoms with Crippen molar-refractivity contribution in [2.75, 3.05) is 6.61 Å². The molecule has 0 spiro atoms. The van der Waals surface area contributed by atoms with Crippen molar-refractivity contribution in [3.8, 4) is 0 Å². The first kappa shape index (κ1) is 11.7. The summed E-state index contributed by atoms with van der Waals surface area (Å²) in [6.07, 6.45) is 4.03. The van der Waals surface area contributed by atoms with E-state index >= 15 is 0 Å². The van der Waals surface area contributed by atoms with Gasteiger partial charge < -0.3 is 4.74 Å². The van der Waals surface area contributed by atoms with Crippen LogP contribution in [0.1, 0.15) is 20.3 Å². The van der Waals surface area contributed by atoms with E-state index in [0.29, 0.717) is 5.57 Å². The Hall–Kier alpha value is -1.31. The summed E-state index contributed by atoms with van der Waals surface area (Å²) in [5.74, 6) is -0.278. The molecule has 72 valence electrons. The van der Waals surface area contributed by atoms with Crippen LogP contribution in [0.25, 0.3) is 0 Å². The zero-order valence-electron chi connectivity index (χ0n) is 8.30. The molecule has 0 atom stereocenters. The Kier molecular flexibility index (Phi) is 5.60. The highest BCUT2D eigenvalue weighted by Gasteiger charge is 2.06. The van der Waals surface area contributed by atoms with Crippen molar-refractivity contribution in [3.63, 3.8) is 0 Å². The molecule has 2 nitrogen and oxygen atoms in total. The van der Waals surface area contributed by atoms with E-state index in [2.05, 4.69) is 13.2 Å². The third kappa shape index (κ3) is 4.31. The van der Waals surface area contributed by atoms with Gasteiger partial charge in [0, 0.05) is 5.57 Å². The van der Waals surface area contributed by atoms with Crippen LogP contribution in [0.15, 0.2) is 36.5 Å². The number of hydrogen-bond donors (Lipinski definition) is 0. The van der Waals surface area contributed by atoms with E-state index in [-0.39, 0.29) is 12.6 Å². The van der Waals surface area contributed by atoms with Crippen LogP contribution in [-0.2, 0) is 9.53 Å². The Balaban J connectivity index is 4.28. The third-order valence-corrected chi connectivity index (χ3v) is 1.73. The maximum atomic E-state index is 11.3. The van der Waals surface area contributed by atoms with Crippen LogP contribution in [0.4, 0.5) is 0 Å². The minimum Gasteiger partial charge on any atom is -0.458 e. The van der Waals surface area contributed by atoms with Gasteiger partial charge in [-0.1, -0.05) is 24.3 Å². The lowest BCUT2D eigenvalue weighted by molar-refractivity contribution is -0.137. The van der Waals surface area contributed by atoms with Crippen molar-refractivity contribution in [3.05, 3.63) is 36.5 Å². The van der Waals surface area contributed by atoms with E-state index in [1.807, 2.05) is 6.92 Å². The number of ether oxygens (including phenoxy) is 1. The Morgan fingerprint density at radius 1 is 1.31 bits per heavy atom. The van der Waals surface area contributed by atoms with Gasteiger partial charge in [0.15, 0.2) is 0 Å². The molecule has 0 radical (unpaired) electrons. The van der Waals surface area contributed by atoms with Crippen molar-refractivity contribution in [2.45, 2.75) is 20.3 Å². The molecule has 0 saturated heterocycles. The molecule has 0 N–H and O–H groups in total. The fraction of sp³-hybridized carbons (Fsp3) is 0.364. The zero-order chi connectivity index (χ0) is 10.3. The molecule has 0 aromatic carbocycles. The van der Waals surface area contributed by atoms with Gasteiger partial charge in [0.1, 0.15) is 6.61 Å². The van der Waals surface area contributed by atoms with Crippen molar-refractivity contribution in [1.82, 2.24) is 0 Å². The smallest absolute Gasteiger partial charge is 0.333 e.